The van der Waals surface area contributed by atoms with Crippen molar-refractivity contribution in [2.45, 2.75) is 39.4 Å². The van der Waals surface area contributed by atoms with Gasteiger partial charge in [0.05, 0.1) is 12.2 Å². The van der Waals surface area contributed by atoms with Gasteiger partial charge in [0, 0.05) is 5.56 Å². The molecule has 0 aliphatic rings. The van der Waals surface area contributed by atoms with Gasteiger partial charge in [0.1, 0.15) is 0 Å². The average molecular weight is 236 g/mol. The van der Waals surface area contributed by atoms with E-state index in [0.717, 1.165) is 12.0 Å². The Morgan fingerprint density at radius 2 is 1.94 bits per heavy atom. The van der Waals surface area contributed by atoms with Crippen molar-refractivity contribution in [3.8, 4) is 0 Å². The van der Waals surface area contributed by atoms with Gasteiger partial charge in [-0.05, 0) is 38.0 Å². The Balaban J connectivity index is 2.60. The number of nitrogens with two attached hydrogens (primary N) is 1. The molecule has 0 aromatic heterocycles. The standard InChI is InChI=1S/C13H20N2O2/c1-4-13(2,3)17-9-10-5-7-11(8-6-10)12(16)15-14/h5-8H,4,9,14H2,1-3H3,(H,15,16). The normalized spacial score (nSPS) is 11.3. The Morgan fingerprint density at radius 3 is 2.41 bits per heavy atom. The van der Waals surface area contributed by atoms with Crippen LogP contribution >= 0.6 is 0 Å². The second-order valence-electron chi connectivity index (χ2n) is 4.57. The van der Waals surface area contributed by atoms with Crippen LogP contribution in [-0.2, 0) is 11.3 Å². The summed E-state index contributed by atoms with van der Waals surface area (Å²) in [7, 11) is 0. The van der Waals surface area contributed by atoms with Crippen molar-refractivity contribution in [1.29, 1.82) is 0 Å². The molecule has 1 aromatic carbocycles. The highest BCUT2D eigenvalue weighted by atomic mass is 16.5. The number of rotatable bonds is 5. The molecule has 0 fully saturated rings. The molecule has 0 unspecified atom stereocenters. The van der Waals surface area contributed by atoms with Crippen LogP contribution in [0.5, 0.6) is 0 Å². The molecule has 1 aromatic rings. The molecule has 0 saturated heterocycles. The zero-order chi connectivity index (χ0) is 12.9. The lowest BCUT2D eigenvalue weighted by molar-refractivity contribution is -0.0316. The summed E-state index contributed by atoms with van der Waals surface area (Å²) in [6.45, 7) is 6.76. The van der Waals surface area contributed by atoms with Gasteiger partial charge >= 0.3 is 0 Å². The topological polar surface area (TPSA) is 64.3 Å². The fourth-order valence-corrected chi connectivity index (χ4v) is 1.22. The minimum atomic E-state index is -0.286. The molecule has 0 bridgehead atoms. The van der Waals surface area contributed by atoms with E-state index in [1.165, 1.54) is 0 Å². The van der Waals surface area contributed by atoms with E-state index in [1.807, 2.05) is 12.1 Å². The fourth-order valence-electron chi connectivity index (χ4n) is 1.22. The predicted octanol–water partition coefficient (Wildman–Crippen LogP) is 2.00. The highest BCUT2D eigenvalue weighted by molar-refractivity contribution is 5.93. The lowest BCUT2D eigenvalue weighted by Crippen LogP contribution is -2.29. The minimum Gasteiger partial charge on any atom is -0.371 e. The summed E-state index contributed by atoms with van der Waals surface area (Å²) >= 11 is 0. The molecular weight excluding hydrogens is 216 g/mol. The van der Waals surface area contributed by atoms with Crippen LogP contribution in [0, 0.1) is 0 Å². The lowest BCUT2D eigenvalue weighted by atomic mass is 10.1. The number of benzene rings is 1. The van der Waals surface area contributed by atoms with Crippen LogP contribution in [0.4, 0.5) is 0 Å². The van der Waals surface area contributed by atoms with E-state index in [4.69, 9.17) is 10.6 Å². The van der Waals surface area contributed by atoms with Gasteiger partial charge in [0.2, 0.25) is 0 Å². The van der Waals surface area contributed by atoms with Crippen LogP contribution in [0.25, 0.3) is 0 Å². The van der Waals surface area contributed by atoms with E-state index in [9.17, 15) is 4.79 Å². The maximum absolute atomic E-state index is 11.2. The summed E-state index contributed by atoms with van der Waals surface area (Å²) in [5.74, 6) is 4.77. The van der Waals surface area contributed by atoms with Crippen molar-refractivity contribution in [2.24, 2.45) is 5.84 Å². The Bertz CT molecular complexity index is 372. The second kappa shape index (κ2) is 5.80. The lowest BCUT2D eigenvalue weighted by Gasteiger charge is -2.23. The number of nitrogens with one attached hydrogen (secondary N) is 1. The van der Waals surface area contributed by atoms with Crippen LogP contribution in [0.15, 0.2) is 24.3 Å². The van der Waals surface area contributed by atoms with E-state index in [-0.39, 0.29) is 11.5 Å². The smallest absolute Gasteiger partial charge is 0.265 e. The van der Waals surface area contributed by atoms with Crippen molar-refractivity contribution in [2.75, 3.05) is 0 Å². The number of hydrogen-bond donors (Lipinski definition) is 2. The third-order valence-electron chi connectivity index (χ3n) is 2.83. The average Bonchev–Trinajstić information content (AvgIpc) is 2.36. The molecule has 0 atom stereocenters. The monoisotopic (exact) mass is 236 g/mol. The predicted molar refractivity (Wildman–Crippen MR) is 67.3 cm³/mol. The van der Waals surface area contributed by atoms with Gasteiger partial charge in [0.25, 0.3) is 5.91 Å². The molecular formula is C13H20N2O2. The first-order chi connectivity index (χ1) is 7.98. The highest BCUT2D eigenvalue weighted by Crippen LogP contribution is 2.16. The number of amides is 1. The molecule has 4 heteroatoms. The minimum absolute atomic E-state index is 0.118. The first-order valence-electron chi connectivity index (χ1n) is 5.72. The number of hydrazine groups is 1. The maximum Gasteiger partial charge on any atom is 0.265 e. The van der Waals surface area contributed by atoms with Gasteiger partial charge in [-0.3, -0.25) is 10.2 Å². The van der Waals surface area contributed by atoms with E-state index in [0.29, 0.717) is 12.2 Å². The Kier molecular flexibility index (Phi) is 4.66. The third-order valence-corrected chi connectivity index (χ3v) is 2.83. The number of carbonyl (C=O) groups excluding carboxylic acids is 1. The molecule has 0 radical (unpaired) electrons. The first kappa shape index (κ1) is 13.7. The quantitative estimate of drug-likeness (QED) is 0.467. The van der Waals surface area contributed by atoms with Crippen molar-refractivity contribution < 1.29 is 9.53 Å². The molecule has 17 heavy (non-hydrogen) atoms. The van der Waals surface area contributed by atoms with Crippen LogP contribution in [0.1, 0.15) is 43.1 Å². The molecule has 4 nitrogen and oxygen atoms in total. The fraction of sp³-hybridized carbons (Fsp3) is 0.462. The summed E-state index contributed by atoms with van der Waals surface area (Å²) in [6, 6.07) is 7.21. The van der Waals surface area contributed by atoms with E-state index >= 15 is 0 Å². The first-order valence-corrected chi connectivity index (χ1v) is 5.72. The van der Waals surface area contributed by atoms with Gasteiger partial charge < -0.3 is 4.74 Å². The molecule has 0 spiro atoms. The van der Waals surface area contributed by atoms with Crippen molar-refractivity contribution >= 4 is 5.91 Å². The van der Waals surface area contributed by atoms with Crippen molar-refractivity contribution in [3.05, 3.63) is 35.4 Å². The summed E-state index contributed by atoms with van der Waals surface area (Å²) in [5, 5.41) is 0. The SMILES string of the molecule is CCC(C)(C)OCc1ccc(C(=O)NN)cc1. The summed E-state index contributed by atoms with van der Waals surface area (Å²) in [5.41, 5.74) is 3.57. The number of nitrogen functional groups attached to an aromatic ring is 1. The van der Waals surface area contributed by atoms with E-state index < -0.39 is 0 Å². The molecule has 3 N–H and O–H groups in total. The van der Waals surface area contributed by atoms with Gasteiger partial charge in [-0.2, -0.15) is 0 Å². The third kappa shape index (κ3) is 4.17. The molecule has 94 valence electrons. The summed E-state index contributed by atoms with van der Waals surface area (Å²) in [6.07, 6.45) is 0.959. The zero-order valence-electron chi connectivity index (χ0n) is 10.6. The van der Waals surface area contributed by atoms with Crippen LogP contribution in [0.2, 0.25) is 0 Å². The number of carbonyl (C=O) groups is 1. The molecule has 0 aliphatic carbocycles. The Hall–Kier alpha value is -1.39. The molecule has 0 heterocycles. The largest absolute Gasteiger partial charge is 0.371 e. The van der Waals surface area contributed by atoms with Gasteiger partial charge in [0.15, 0.2) is 0 Å². The second-order valence-corrected chi connectivity index (χ2v) is 4.57. The van der Waals surface area contributed by atoms with Crippen LogP contribution in [0.3, 0.4) is 0 Å². The van der Waals surface area contributed by atoms with E-state index in [2.05, 4.69) is 26.2 Å². The Morgan fingerprint density at radius 1 is 1.35 bits per heavy atom. The highest BCUT2D eigenvalue weighted by Gasteiger charge is 2.15. The number of hydrogen-bond acceptors (Lipinski definition) is 3. The number of ether oxygens (including phenoxy) is 1. The molecule has 0 saturated carbocycles. The van der Waals surface area contributed by atoms with Gasteiger partial charge in [-0.25, -0.2) is 5.84 Å². The van der Waals surface area contributed by atoms with Crippen LogP contribution in [-0.4, -0.2) is 11.5 Å². The van der Waals surface area contributed by atoms with Crippen molar-refractivity contribution in [3.63, 3.8) is 0 Å². The van der Waals surface area contributed by atoms with Crippen molar-refractivity contribution in [1.82, 2.24) is 5.43 Å². The summed E-state index contributed by atoms with van der Waals surface area (Å²) < 4.78 is 5.77. The molecule has 0 aliphatic heterocycles. The summed E-state index contributed by atoms with van der Waals surface area (Å²) in [4.78, 5) is 11.2. The van der Waals surface area contributed by atoms with Crippen LogP contribution < -0.4 is 11.3 Å². The molecule has 1 amide bonds. The Labute approximate surface area is 102 Å². The van der Waals surface area contributed by atoms with E-state index in [1.54, 1.807) is 12.1 Å². The zero-order valence-corrected chi connectivity index (χ0v) is 10.6. The van der Waals surface area contributed by atoms with Gasteiger partial charge in [-0.1, -0.05) is 19.1 Å². The van der Waals surface area contributed by atoms with Gasteiger partial charge in [-0.15, -0.1) is 0 Å². The molecule has 1 rings (SSSR count). The maximum atomic E-state index is 11.2.